The Balaban J connectivity index is 1.67. The number of allylic oxidation sites excluding steroid dienone is 1. The fraction of sp³-hybridized carbons (Fsp3) is 0.263. The second kappa shape index (κ2) is 7.86. The minimum Gasteiger partial charge on any atom is -0.294 e. The van der Waals surface area contributed by atoms with E-state index in [0.29, 0.717) is 29.9 Å². The van der Waals surface area contributed by atoms with E-state index in [0.717, 1.165) is 11.4 Å². The molecule has 1 N–H and O–H groups in total. The quantitative estimate of drug-likeness (QED) is 0.376. The molecule has 0 bridgehead atoms. The number of anilines is 1. The molecule has 1 fully saturated rings. The molecule has 0 spiro atoms. The fourth-order valence-electron chi connectivity index (χ4n) is 2.98. The molecule has 0 unspecified atom stereocenters. The summed E-state index contributed by atoms with van der Waals surface area (Å²) >= 11 is 0. The van der Waals surface area contributed by atoms with Crippen molar-refractivity contribution < 1.29 is 9.72 Å². The highest BCUT2D eigenvalue weighted by atomic mass is 16.6. The minimum absolute atomic E-state index is 0.00514. The van der Waals surface area contributed by atoms with Crippen LogP contribution in [0.4, 0.5) is 11.6 Å². The number of carbonyl (C=O) groups excluding carboxylic acids is 1. The van der Waals surface area contributed by atoms with Crippen molar-refractivity contribution in [2.24, 2.45) is 11.0 Å². The van der Waals surface area contributed by atoms with Crippen molar-refractivity contribution >= 4 is 29.7 Å². The molecule has 1 aliphatic rings. The zero-order chi connectivity index (χ0) is 19.4. The van der Waals surface area contributed by atoms with Gasteiger partial charge in [-0.3, -0.25) is 14.9 Å². The molecule has 0 aliphatic heterocycles. The number of aryl methyl sites for hydroxylation is 2. The van der Waals surface area contributed by atoms with Gasteiger partial charge in [0, 0.05) is 29.7 Å². The Kier molecular flexibility index (Phi) is 5.35. The third kappa shape index (κ3) is 4.60. The molecule has 138 valence electrons. The smallest absolute Gasteiger partial charge is 0.270 e. The van der Waals surface area contributed by atoms with Crippen molar-refractivity contribution in [2.75, 3.05) is 5.43 Å². The summed E-state index contributed by atoms with van der Waals surface area (Å²) in [6.07, 6.45) is 4.54. The van der Waals surface area contributed by atoms with Crippen LogP contribution in [0.2, 0.25) is 0 Å². The van der Waals surface area contributed by atoms with Gasteiger partial charge in [-0.25, -0.2) is 15.4 Å². The van der Waals surface area contributed by atoms with Crippen molar-refractivity contribution in [1.82, 2.24) is 9.97 Å². The molecule has 8 nitrogen and oxygen atoms in total. The largest absolute Gasteiger partial charge is 0.294 e. The number of hydrogen-bond donors (Lipinski definition) is 1. The number of hydrogen-bond acceptors (Lipinski definition) is 7. The number of non-ortho nitro benzene ring substituents is 1. The lowest BCUT2D eigenvalue weighted by molar-refractivity contribution is -0.384. The van der Waals surface area contributed by atoms with E-state index >= 15 is 0 Å². The zero-order valence-corrected chi connectivity index (χ0v) is 15.0. The Bertz CT molecular complexity index is 932. The van der Waals surface area contributed by atoms with Gasteiger partial charge in [-0.15, -0.1) is 0 Å². The number of nitrogens with one attached hydrogen (secondary N) is 1. The monoisotopic (exact) mass is 365 g/mol. The van der Waals surface area contributed by atoms with Gasteiger partial charge in [0.15, 0.2) is 5.78 Å². The van der Waals surface area contributed by atoms with Crippen LogP contribution in [0.3, 0.4) is 0 Å². The topological polar surface area (TPSA) is 110 Å². The first kappa shape index (κ1) is 18.4. The van der Waals surface area contributed by atoms with Crippen molar-refractivity contribution in [3.63, 3.8) is 0 Å². The van der Waals surface area contributed by atoms with Crippen LogP contribution in [-0.4, -0.2) is 26.9 Å². The Morgan fingerprint density at radius 1 is 1.26 bits per heavy atom. The standard InChI is InChI=1S/C19H19N5O3/c1-12-8-13(2)22-19(21-12)23-20-11-16-7-6-15(18(16)25)9-14-4-3-5-17(10-14)24(26)27/h3-5,8-11,16H,6-7H2,1-2H3,(H,21,22,23)/b15-9-,20-11-/t16-/m1/s1. The number of hydrazone groups is 1. The van der Waals surface area contributed by atoms with Gasteiger partial charge in [0.05, 0.1) is 10.8 Å². The molecule has 1 atom stereocenters. The lowest BCUT2D eigenvalue weighted by Crippen LogP contribution is -2.10. The molecule has 2 aromatic rings. The SMILES string of the molecule is Cc1cc(C)nc(N/N=C\[C@H]2CC/C(=C/c3cccc([N+](=O)[O-])c3)C2=O)n1. The van der Waals surface area contributed by atoms with E-state index in [4.69, 9.17) is 0 Å². The average molecular weight is 365 g/mol. The summed E-state index contributed by atoms with van der Waals surface area (Å²) < 4.78 is 0. The van der Waals surface area contributed by atoms with Gasteiger partial charge in [0.2, 0.25) is 5.95 Å². The Morgan fingerprint density at radius 2 is 2.00 bits per heavy atom. The van der Waals surface area contributed by atoms with E-state index in [9.17, 15) is 14.9 Å². The second-order valence-electron chi connectivity index (χ2n) is 6.40. The Hall–Kier alpha value is -3.42. The Labute approximate surface area is 156 Å². The summed E-state index contributed by atoms with van der Waals surface area (Å²) in [7, 11) is 0. The summed E-state index contributed by atoms with van der Waals surface area (Å²) in [5, 5.41) is 15.0. The van der Waals surface area contributed by atoms with Gasteiger partial charge in [0.1, 0.15) is 0 Å². The maximum Gasteiger partial charge on any atom is 0.270 e. The molecular formula is C19H19N5O3. The molecule has 27 heavy (non-hydrogen) atoms. The first-order chi connectivity index (χ1) is 12.9. The number of carbonyl (C=O) groups is 1. The van der Waals surface area contributed by atoms with Crippen molar-refractivity contribution in [2.45, 2.75) is 26.7 Å². The van der Waals surface area contributed by atoms with Gasteiger partial charge in [-0.1, -0.05) is 12.1 Å². The van der Waals surface area contributed by atoms with Gasteiger partial charge in [-0.2, -0.15) is 5.10 Å². The highest BCUT2D eigenvalue weighted by Crippen LogP contribution is 2.28. The molecule has 3 rings (SSSR count). The number of rotatable bonds is 5. The normalized spacial score (nSPS) is 18.4. The lowest BCUT2D eigenvalue weighted by atomic mass is 10.1. The number of nitrogens with zero attached hydrogens (tertiary/aromatic N) is 4. The average Bonchev–Trinajstić information content (AvgIpc) is 2.95. The fourth-order valence-corrected chi connectivity index (χ4v) is 2.98. The zero-order valence-electron chi connectivity index (χ0n) is 15.0. The lowest BCUT2D eigenvalue weighted by Gasteiger charge is -2.03. The van der Waals surface area contributed by atoms with Crippen LogP contribution in [0, 0.1) is 29.9 Å². The molecule has 1 saturated carbocycles. The van der Waals surface area contributed by atoms with E-state index in [1.807, 2.05) is 19.9 Å². The van der Waals surface area contributed by atoms with Crippen LogP contribution in [0.1, 0.15) is 29.8 Å². The first-order valence-corrected chi connectivity index (χ1v) is 8.53. The highest BCUT2D eigenvalue weighted by molar-refractivity contribution is 6.10. The Morgan fingerprint density at radius 3 is 2.70 bits per heavy atom. The van der Waals surface area contributed by atoms with Crippen molar-refractivity contribution in [3.05, 3.63) is 63.0 Å². The third-order valence-corrected chi connectivity index (χ3v) is 4.20. The van der Waals surface area contributed by atoms with Gasteiger partial charge in [0.25, 0.3) is 5.69 Å². The van der Waals surface area contributed by atoms with Crippen LogP contribution < -0.4 is 5.43 Å². The maximum atomic E-state index is 12.5. The predicted octanol–water partition coefficient (Wildman–Crippen LogP) is 3.46. The van der Waals surface area contributed by atoms with Crippen LogP contribution in [0.5, 0.6) is 0 Å². The molecule has 0 saturated heterocycles. The molecule has 0 amide bonds. The summed E-state index contributed by atoms with van der Waals surface area (Å²) in [4.78, 5) is 31.4. The summed E-state index contributed by atoms with van der Waals surface area (Å²) in [6.45, 7) is 3.74. The second-order valence-corrected chi connectivity index (χ2v) is 6.40. The van der Waals surface area contributed by atoms with Crippen LogP contribution in [0.15, 0.2) is 41.0 Å². The number of Topliss-reactive ketones (excluding diaryl/α,β-unsaturated/α-hetero) is 1. The first-order valence-electron chi connectivity index (χ1n) is 8.53. The highest BCUT2D eigenvalue weighted by Gasteiger charge is 2.27. The summed E-state index contributed by atoms with van der Waals surface area (Å²) in [5.41, 5.74) is 5.72. The van der Waals surface area contributed by atoms with Crippen molar-refractivity contribution in [3.8, 4) is 0 Å². The third-order valence-electron chi connectivity index (χ3n) is 4.20. The van der Waals surface area contributed by atoms with Gasteiger partial charge < -0.3 is 0 Å². The van der Waals surface area contributed by atoms with Gasteiger partial charge >= 0.3 is 0 Å². The molecule has 8 heteroatoms. The van der Waals surface area contributed by atoms with Crippen molar-refractivity contribution in [1.29, 1.82) is 0 Å². The maximum absolute atomic E-state index is 12.5. The van der Waals surface area contributed by atoms with Crippen LogP contribution in [-0.2, 0) is 4.79 Å². The minimum atomic E-state index is -0.450. The number of nitro groups is 1. The summed E-state index contributed by atoms with van der Waals surface area (Å²) in [5.74, 6) is 0.0447. The van der Waals surface area contributed by atoms with Crippen LogP contribution in [0.25, 0.3) is 6.08 Å². The van der Waals surface area contributed by atoms with E-state index in [-0.39, 0.29) is 17.4 Å². The van der Waals surface area contributed by atoms with Gasteiger partial charge in [-0.05, 0) is 50.0 Å². The molecule has 1 heterocycles. The van der Waals surface area contributed by atoms with E-state index in [1.165, 1.54) is 12.1 Å². The molecule has 1 aromatic heterocycles. The molecular weight excluding hydrogens is 346 g/mol. The summed E-state index contributed by atoms with van der Waals surface area (Å²) in [6, 6.07) is 8.10. The molecule has 1 aromatic carbocycles. The molecule has 1 aliphatic carbocycles. The van der Waals surface area contributed by atoms with Crippen LogP contribution >= 0.6 is 0 Å². The molecule has 0 radical (unpaired) electrons. The van der Waals surface area contributed by atoms with E-state index < -0.39 is 4.92 Å². The number of ketones is 1. The van der Waals surface area contributed by atoms with E-state index in [1.54, 1.807) is 24.4 Å². The van der Waals surface area contributed by atoms with E-state index in [2.05, 4.69) is 20.5 Å². The number of nitro benzene ring substituents is 1. The number of aromatic nitrogens is 2. The number of benzene rings is 1. The predicted molar refractivity (Wildman–Crippen MR) is 102 cm³/mol.